The zero-order valence-corrected chi connectivity index (χ0v) is 23.3. The molecule has 0 saturated heterocycles. The van der Waals surface area contributed by atoms with Crippen LogP contribution in [-0.2, 0) is 6.42 Å². The van der Waals surface area contributed by atoms with Crippen LogP contribution in [0.4, 0.5) is 0 Å². The van der Waals surface area contributed by atoms with E-state index in [1.165, 1.54) is 26.8 Å². The molecule has 0 aromatic heterocycles. The van der Waals surface area contributed by atoms with Gasteiger partial charge in [-0.3, -0.25) is 4.90 Å². The first-order chi connectivity index (χ1) is 18.8. The largest absolute Gasteiger partial charge is 0.508 e. The molecular weight excluding hydrogens is 500 g/mol. The van der Waals surface area contributed by atoms with Crippen LogP contribution in [0, 0.1) is 0 Å². The molecule has 0 bridgehead atoms. The first-order valence-corrected chi connectivity index (χ1v) is 16.1. The number of aromatic hydroxyl groups is 1. The molecule has 0 saturated carbocycles. The highest BCUT2D eigenvalue weighted by molar-refractivity contribution is 7.73. The van der Waals surface area contributed by atoms with Crippen LogP contribution in [-0.4, -0.2) is 29.1 Å². The number of rotatable bonds is 11. The van der Waals surface area contributed by atoms with Crippen LogP contribution in [0.3, 0.4) is 0 Å². The molecule has 0 spiro atoms. The fourth-order valence-corrected chi connectivity index (χ4v) is 9.41. The highest BCUT2D eigenvalue weighted by Crippen LogP contribution is 2.39. The Balaban J connectivity index is 1.48. The van der Waals surface area contributed by atoms with Gasteiger partial charge in [-0.05, 0) is 61.2 Å². The molecule has 0 radical (unpaired) electrons. The molecule has 4 heteroatoms. The van der Waals surface area contributed by atoms with E-state index in [2.05, 4.69) is 126 Å². The Morgan fingerprint density at radius 2 is 0.789 bits per heavy atom. The molecule has 190 valence electrons. The molecule has 0 heterocycles. The lowest BCUT2D eigenvalue weighted by Gasteiger charge is -2.32. The van der Waals surface area contributed by atoms with E-state index in [0.29, 0.717) is 5.75 Å². The van der Waals surface area contributed by atoms with E-state index in [1.807, 2.05) is 12.1 Å². The zero-order valence-electron chi connectivity index (χ0n) is 21.5. The van der Waals surface area contributed by atoms with Gasteiger partial charge in [0.15, 0.2) is 0 Å². The minimum atomic E-state index is -0.548. The van der Waals surface area contributed by atoms with Gasteiger partial charge in [-0.2, -0.15) is 0 Å². The minimum absolute atomic E-state index is 0.318. The summed E-state index contributed by atoms with van der Waals surface area (Å²) in [5, 5.41) is 15.4. The van der Waals surface area contributed by atoms with Gasteiger partial charge in [0.1, 0.15) is 5.75 Å². The van der Waals surface area contributed by atoms with Crippen LogP contribution < -0.4 is 21.2 Å². The van der Waals surface area contributed by atoms with Gasteiger partial charge >= 0.3 is 0 Å². The first-order valence-electron chi connectivity index (χ1n) is 13.0. The van der Waals surface area contributed by atoms with E-state index in [0.717, 1.165) is 25.5 Å². The van der Waals surface area contributed by atoms with E-state index in [-0.39, 0.29) is 0 Å². The molecule has 0 fully saturated rings. The van der Waals surface area contributed by atoms with Gasteiger partial charge in [0.2, 0.25) is 0 Å². The average Bonchev–Trinajstić information content (AvgIpc) is 2.99. The standard InChI is InChI=1S/C34H33NOP2/c36-30-23-21-29(22-24-30)25-26-35(27-37(31-13-5-1-6-14-31)32-15-7-2-8-16-32)28-38(33-17-9-3-10-18-33)34-19-11-4-12-20-34/h1-24,36H,25-28H2. The predicted octanol–water partition coefficient (Wildman–Crippen LogP) is 6.42. The van der Waals surface area contributed by atoms with Crippen molar-refractivity contribution in [3.63, 3.8) is 0 Å². The molecule has 0 atom stereocenters. The molecule has 0 amide bonds. The summed E-state index contributed by atoms with van der Waals surface area (Å²) in [6.07, 6.45) is 2.94. The Morgan fingerprint density at radius 1 is 0.447 bits per heavy atom. The van der Waals surface area contributed by atoms with Gasteiger partial charge in [0, 0.05) is 19.1 Å². The smallest absolute Gasteiger partial charge is 0.115 e. The Labute approximate surface area is 229 Å². The highest BCUT2D eigenvalue weighted by atomic mass is 31.1. The lowest BCUT2D eigenvalue weighted by molar-refractivity contribution is 0.378. The van der Waals surface area contributed by atoms with Crippen LogP contribution in [0.2, 0.25) is 0 Å². The van der Waals surface area contributed by atoms with Crippen LogP contribution in [0.15, 0.2) is 146 Å². The maximum Gasteiger partial charge on any atom is 0.115 e. The summed E-state index contributed by atoms with van der Waals surface area (Å²) >= 11 is 0. The molecule has 1 N–H and O–H groups in total. The first kappa shape index (κ1) is 26.3. The molecule has 5 rings (SSSR count). The van der Waals surface area contributed by atoms with Gasteiger partial charge in [-0.25, -0.2) is 0 Å². The van der Waals surface area contributed by atoms with Gasteiger partial charge < -0.3 is 5.11 Å². The van der Waals surface area contributed by atoms with Crippen molar-refractivity contribution >= 4 is 37.1 Å². The van der Waals surface area contributed by atoms with E-state index >= 15 is 0 Å². The van der Waals surface area contributed by atoms with Crippen LogP contribution in [0.1, 0.15) is 5.56 Å². The fourth-order valence-electron chi connectivity index (χ4n) is 4.59. The second kappa shape index (κ2) is 13.5. The zero-order chi connectivity index (χ0) is 26.0. The maximum absolute atomic E-state index is 9.77. The summed E-state index contributed by atoms with van der Waals surface area (Å²) in [6, 6.07) is 51.7. The third-order valence-corrected chi connectivity index (χ3v) is 11.7. The van der Waals surface area contributed by atoms with Crippen LogP contribution in [0.5, 0.6) is 5.75 Å². The summed E-state index contributed by atoms with van der Waals surface area (Å²) in [4.78, 5) is 2.68. The molecule has 0 aliphatic rings. The van der Waals surface area contributed by atoms with Crippen molar-refractivity contribution in [2.24, 2.45) is 0 Å². The molecule has 0 aliphatic carbocycles. The van der Waals surface area contributed by atoms with Gasteiger partial charge in [0.25, 0.3) is 0 Å². The van der Waals surface area contributed by atoms with Gasteiger partial charge in [0.05, 0.1) is 0 Å². The van der Waals surface area contributed by atoms with Gasteiger partial charge in [-0.15, -0.1) is 0 Å². The van der Waals surface area contributed by atoms with E-state index in [9.17, 15) is 5.11 Å². The summed E-state index contributed by atoms with van der Waals surface area (Å²) in [5.74, 6) is 0.318. The minimum Gasteiger partial charge on any atom is -0.508 e. The van der Waals surface area contributed by atoms with E-state index < -0.39 is 15.8 Å². The second-order valence-electron chi connectivity index (χ2n) is 9.29. The molecule has 5 aromatic carbocycles. The highest BCUT2D eigenvalue weighted by Gasteiger charge is 2.22. The van der Waals surface area contributed by atoms with Gasteiger partial charge in [-0.1, -0.05) is 133 Å². The van der Waals surface area contributed by atoms with Crippen molar-refractivity contribution in [3.8, 4) is 5.75 Å². The van der Waals surface area contributed by atoms with Crippen molar-refractivity contribution in [1.82, 2.24) is 4.90 Å². The SMILES string of the molecule is Oc1ccc(CCN(CP(c2ccccc2)c2ccccc2)CP(c2ccccc2)c2ccccc2)cc1. The Bertz CT molecular complexity index is 1200. The summed E-state index contributed by atoms with van der Waals surface area (Å²) in [7, 11) is -1.10. The lowest BCUT2D eigenvalue weighted by atomic mass is 10.1. The Morgan fingerprint density at radius 3 is 1.13 bits per heavy atom. The topological polar surface area (TPSA) is 23.5 Å². The Hall–Kier alpha value is -3.28. The normalized spacial score (nSPS) is 11.3. The van der Waals surface area contributed by atoms with E-state index in [4.69, 9.17) is 0 Å². The third kappa shape index (κ3) is 7.18. The number of hydrogen-bond donors (Lipinski definition) is 1. The molecule has 0 unspecified atom stereocenters. The van der Waals surface area contributed by atoms with Crippen molar-refractivity contribution in [1.29, 1.82) is 0 Å². The molecule has 38 heavy (non-hydrogen) atoms. The summed E-state index contributed by atoms with van der Waals surface area (Å²) < 4.78 is 0. The lowest BCUT2D eigenvalue weighted by Crippen LogP contribution is -2.33. The average molecular weight is 534 g/mol. The Kier molecular flexibility index (Phi) is 9.35. The number of hydrogen-bond acceptors (Lipinski definition) is 2. The summed E-state index contributed by atoms with van der Waals surface area (Å²) in [5.41, 5.74) is 1.25. The maximum atomic E-state index is 9.77. The van der Waals surface area contributed by atoms with Crippen molar-refractivity contribution in [2.45, 2.75) is 6.42 Å². The second-order valence-corrected chi connectivity index (χ2v) is 13.6. The summed E-state index contributed by atoms with van der Waals surface area (Å²) in [6.45, 7) is 0.960. The molecule has 2 nitrogen and oxygen atoms in total. The number of nitrogens with zero attached hydrogens (tertiary/aromatic N) is 1. The number of phenols is 1. The van der Waals surface area contributed by atoms with Crippen molar-refractivity contribution in [3.05, 3.63) is 151 Å². The predicted molar refractivity (Wildman–Crippen MR) is 166 cm³/mol. The number of benzene rings is 5. The molecule has 5 aromatic rings. The molecule has 0 aliphatic heterocycles. The quantitative estimate of drug-likeness (QED) is 0.198. The fraction of sp³-hybridized carbons (Fsp3) is 0.118. The monoisotopic (exact) mass is 533 g/mol. The molecular formula is C34H33NOP2. The van der Waals surface area contributed by atoms with E-state index in [1.54, 1.807) is 12.1 Å². The number of phenolic OH excluding ortho intramolecular Hbond substituents is 1. The van der Waals surface area contributed by atoms with Crippen LogP contribution >= 0.6 is 15.8 Å². The van der Waals surface area contributed by atoms with Crippen molar-refractivity contribution < 1.29 is 5.11 Å². The third-order valence-electron chi connectivity index (χ3n) is 6.61. The van der Waals surface area contributed by atoms with Crippen LogP contribution in [0.25, 0.3) is 0 Å². The van der Waals surface area contributed by atoms with Crippen molar-refractivity contribution in [2.75, 3.05) is 19.1 Å².